The smallest absolute Gasteiger partial charge is 0.310 e. The van der Waals surface area contributed by atoms with Gasteiger partial charge in [-0.25, -0.2) is 4.39 Å². The minimum atomic E-state index is -1.41. The molecule has 2 atom stereocenters. The SMILES string of the molecule is COc1cc([C@H]2[C@H](C(=O)O)C2(Cl)Cl)cc(F)c1Br. The monoisotopic (exact) mass is 356 g/mol. The van der Waals surface area contributed by atoms with Gasteiger partial charge in [-0.1, -0.05) is 23.2 Å². The lowest BCUT2D eigenvalue weighted by Gasteiger charge is -2.08. The number of halogens is 4. The maximum Gasteiger partial charge on any atom is 0.310 e. The van der Waals surface area contributed by atoms with E-state index in [2.05, 4.69) is 15.9 Å². The molecule has 0 saturated heterocycles. The number of carbonyl (C=O) groups is 1. The summed E-state index contributed by atoms with van der Waals surface area (Å²) in [7, 11) is 1.39. The van der Waals surface area contributed by atoms with E-state index in [1.54, 1.807) is 0 Å². The van der Waals surface area contributed by atoms with Gasteiger partial charge in [0.25, 0.3) is 0 Å². The van der Waals surface area contributed by atoms with Gasteiger partial charge in [-0.05, 0) is 33.6 Å². The van der Waals surface area contributed by atoms with Gasteiger partial charge in [0, 0.05) is 5.92 Å². The van der Waals surface area contributed by atoms with E-state index in [4.69, 9.17) is 33.0 Å². The van der Waals surface area contributed by atoms with Crippen LogP contribution in [-0.2, 0) is 4.79 Å². The lowest BCUT2D eigenvalue weighted by molar-refractivity contribution is -0.138. The predicted molar refractivity (Wildman–Crippen MR) is 69.0 cm³/mol. The minimum Gasteiger partial charge on any atom is -0.495 e. The Morgan fingerprint density at radius 3 is 2.61 bits per heavy atom. The van der Waals surface area contributed by atoms with Crippen LogP contribution in [0.4, 0.5) is 4.39 Å². The van der Waals surface area contributed by atoms with Crippen LogP contribution in [0.1, 0.15) is 11.5 Å². The number of methoxy groups -OCH3 is 1. The number of hydrogen-bond acceptors (Lipinski definition) is 2. The molecule has 1 aliphatic carbocycles. The van der Waals surface area contributed by atoms with Crippen molar-refractivity contribution < 1.29 is 19.0 Å². The first-order chi connectivity index (χ1) is 8.30. The Kier molecular flexibility index (Phi) is 3.51. The van der Waals surface area contributed by atoms with Gasteiger partial charge in [-0.3, -0.25) is 4.79 Å². The van der Waals surface area contributed by atoms with Crippen LogP contribution in [0.2, 0.25) is 0 Å². The standard InChI is InChI=1S/C11H8BrCl2FO3/c1-18-6-3-4(2-5(15)9(6)12)7-8(10(16)17)11(7,13)14/h2-3,7-8H,1H3,(H,16,17)/t7-,8+/m0/s1. The van der Waals surface area contributed by atoms with Crippen LogP contribution < -0.4 is 4.74 Å². The second-order valence-electron chi connectivity index (χ2n) is 3.99. The molecular formula is C11H8BrCl2FO3. The quantitative estimate of drug-likeness (QED) is 0.841. The molecule has 0 radical (unpaired) electrons. The summed E-state index contributed by atoms with van der Waals surface area (Å²) >= 11 is 14.8. The Morgan fingerprint density at radius 2 is 2.17 bits per heavy atom. The fraction of sp³-hybridized carbons (Fsp3) is 0.364. The predicted octanol–water partition coefficient (Wildman–Crippen LogP) is 3.57. The number of carboxylic acid groups (broad SMARTS) is 1. The lowest BCUT2D eigenvalue weighted by atomic mass is 10.1. The number of alkyl halides is 2. The summed E-state index contributed by atoms with van der Waals surface area (Å²) in [6, 6.07) is 2.74. The van der Waals surface area contributed by atoms with Crippen molar-refractivity contribution in [2.45, 2.75) is 10.3 Å². The summed E-state index contributed by atoms with van der Waals surface area (Å²) < 4.78 is 17.4. The first-order valence-corrected chi connectivity index (χ1v) is 6.49. The molecule has 0 spiro atoms. The normalized spacial score (nSPS) is 24.7. The molecule has 0 aliphatic heterocycles. The molecule has 1 aromatic carbocycles. The third-order valence-electron chi connectivity index (χ3n) is 2.92. The number of aliphatic carboxylic acids is 1. The lowest BCUT2D eigenvalue weighted by Crippen LogP contribution is -2.03. The van der Waals surface area contributed by atoms with E-state index in [-0.39, 0.29) is 10.2 Å². The third-order valence-corrected chi connectivity index (χ3v) is 4.63. The van der Waals surface area contributed by atoms with Gasteiger partial charge < -0.3 is 9.84 Å². The number of carboxylic acids is 1. The number of hydrogen-bond donors (Lipinski definition) is 1. The fourth-order valence-electron chi connectivity index (χ4n) is 1.96. The Bertz CT molecular complexity index is 521. The van der Waals surface area contributed by atoms with Crippen molar-refractivity contribution in [1.82, 2.24) is 0 Å². The summed E-state index contributed by atoms with van der Waals surface area (Å²) in [5.41, 5.74) is 0.407. The van der Waals surface area contributed by atoms with Crippen molar-refractivity contribution in [3.8, 4) is 5.75 Å². The zero-order chi connectivity index (χ0) is 13.7. The van der Waals surface area contributed by atoms with E-state index in [0.717, 1.165) is 0 Å². The number of benzene rings is 1. The molecule has 0 unspecified atom stereocenters. The van der Waals surface area contributed by atoms with E-state index >= 15 is 0 Å². The molecule has 3 nitrogen and oxygen atoms in total. The third kappa shape index (κ3) is 2.08. The van der Waals surface area contributed by atoms with Gasteiger partial charge in [0.15, 0.2) is 0 Å². The van der Waals surface area contributed by atoms with Crippen LogP contribution in [0.3, 0.4) is 0 Å². The molecule has 0 amide bonds. The van der Waals surface area contributed by atoms with Crippen molar-refractivity contribution >= 4 is 45.1 Å². The first-order valence-electron chi connectivity index (χ1n) is 4.94. The molecule has 1 fully saturated rings. The summed E-state index contributed by atoms with van der Waals surface area (Å²) in [6.45, 7) is 0. The van der Waals surface area contributed by atoms with Crippen LogP contribution in [0.15, 0.2) is 16.6 Å². The molecule has 98 valence electrons. The van der Waals surface area contributed by atoms with Crippen molar-refractivity contribution in [3.63, 3.8) is 0 Å². The Balaban J connectivity index is 2.42. The van der Waals surface area contributed by atoms with Gasteiger partial charge in [0.05, 0.1) is 17.5 Å². The molecule has 1 N–H and O–H groups in total. The van der Waals surface area contributed by atoms with Gasteiger partial charge in [0.1, 0.15) is 15.9 Å². The van der Waals surface area contributed by atoms with E-state index < -0.39 is 28.0 Å². The molecule has 2 rings (SSSR count). The summed E-state index contributed by atoms with van der Waals surface area (Å²) in [6.07, 6.45) is 0. The Hall–Kier alpha value is -0.520. The van der Waals surface area contributed by atoms with E-state index in [0.29, 0.717) is 5.56 Å². The van der Waals surface area contributed by atoms with E-state index in [1.807, 2.05) is 0 Å². The summed E-state index contributed by atoms with van der Waals surface area (Å²) in [5, 5.41) is 8.97. The molecule has 0 aromatic heterocycles. The number of ether oxygens (including phenoxy) is 1. The summed E-state index contributed by atoms with van der Waals surface area (Å²) in [5.74, 6) is -2.97. The van der Waals surface area contributed by atoms with Crippen molar-refractivity contribution in [2.24, 2.45) is 5.92 Å². The largest absolute Gasteiger partial charge is 0.495 e. The highest BCUT2D eigenvalue weighted by Gasteiger charge is 2.68. The average Bonchev–Trinajstić information content (AvgIpc) is 2.85. The molecule has 0 heterocycles. The molecule has 18 heavy (non-hydrogen) atoms. The fourth-order valence-corrected chi connectivity index (χ4v) is 3.17. The molecule has 1 aromatic rings. The first kappa shape index (κ1) is 13.9. The van der Waals surface area contributed by atoms with Crippen LogP contribution in [-0.4, -0.2) is 22.5 Å². The highest BCUT2D eigenvalue weighted by atomic mass is 79.9. The maximum absolute atomic E-state index is 13.6. The van der Waals surface area contributed by atoms with Crippen molar-refractivity contribution in [1.29, 1.82) is 0 Å². The van der Waals surface area contributed by atoms with Gasteiger partial charge in [-0.15, -0.1) is 0 Å². The second-order valence-corrected chi connectivity index (χ2v) is 6.22. The van der Waals surface area contributed by atoms with Crippen LogP contribution in [0.5, 0.6) is 5.75 Å². The Labute approximate surface area is 121 Å². The Morgan fingerprint density at radius 1 is 1.56 bits per heavy atom. The van der Waals surface area contributed by atoms with Crippen LogP contribution in [0, 0.1) is 11.7 Å². The molecule has 7 heteroatoms. The van der Waals surface area contributed by atoms with Gasteiger partial charge >= 0.3 is 5.97 Å². The van der Waals surface area contributed by atoms with E-state index in [1.165, 1.54) is 19.2 Å². The second kappa shape index (κ2) is 4.54. The molecular weight excluding hydrogens is 350 g/mol. The van der Waals surface area contributed by atoms with Crippen LogP contribution in [0.25, 0.3) is 0 Å². The van der Waals surface area contributed by atoms with Crippen molar-refractivity contribution in [2.75, 3.05) is 7.11 Å². The molecule has 0 bridgehead atoms. The van der Waals surface area contributed by atoms with Gasteiger partial charge in [0.2, 0.25) is 0 Å². The van der Waals surface area contributed by atoms with Gasteiger partial charge in [-0.2, -0.15) is 0 Å². The highest BCUT2D eigenvalue weighted by Crippen LogP contribution is 2.65. The topological polar surface area (TPSA) is 46.5 Å². The minimum absolute atomic E-state index is 0.177. The maximum atomic E-state index is 13.6. The van der Waals surface area contributed by atoms with E-state index in [9.17, 15) is 9.18 Å². The zero-order valence-corrected chi connectivity index (χ0v) is 12.2. The van der Waals surface area contributed by atoms with Crippen LogP contribution >= 0.6 is 39.1 Å². The average molecular weight is 358 g/mol. The zero-order valence-electron chi connectivity index (χ0n) is 9.08. The number of rotatable bonds is 3. The molecule has 1 saturated carbocycles. The van der Waals surface area contributed by atoms with Crippen molar-refractivity contribution in [3.05, 3.63) is 28.0 Å². The highest BCUT2D eigenvalue weighted by molar-refractivity contribution is 9.10. The summed E-state index contributed by atoms with van der Waals surface area (Å²) in [4.78, 5) is 11.0. The molecule has 1 aliphatic rings.